The molecule has 1 aliphatic heterocycles. The molecule has 2 aliphatic rings. The minimum Gasteiger partial charge on any atom is -0.366 e. The SMILES string of the molecule is O=C(N1CCN(c2ccccc2F)CC1)C1(F)C(F)(F)C(F)(F)C(F)(F)C(F)(F)C1(F)F. The van der Waals surface area contributed by atoms with Gasteiger partial charge in [-0.2, -0.15) is 43.9 Å². The lowest BCUT2D eigenvalue weighted by atomic mass is 9.71. The molecule has 1 saturated carbocycles. The molecule has 0 spiro atoms. The summed E-state index contributed by atoms with van der Waals surface area (Å²) in [6.45, 7) is -2.97. The zero-order valence-electron chi connectivity index (χ0n) is 15.5. The van der Waals surface area contributed by atoms with Gasteiger partial charge in [0.25, 0.3) is 5.91 Å². The van der Waals surface area contributed by atoms with Crippen LogP contribution in [0.25, 0.3) is 0 Å². The molecule has 1 saturated heterocycles. The molecule has 0 atom stereocenters. The van der Waals surface area contributed by atoms with Crippen molar-refractivity contribution >= 4 is 11.6 Å². The van der Waals surface area contributed by atoms with Gasteiger partial charge in [-0.05, 0) is 12.1 Å². The van der Waals surface area contributed by atoms with Crippen LogP contribution >= 0.6 is 0 Å². The highest BCUT2D eigenvalue weighted by molar-refractivity contribution is 5.89. The van der Waals surface area contributed by atoms with Crippen LogP contribution in [0.2, 0.25) is 0 Å². The van der Waals surface area contributed by atoms with E-state index in [-0.39, 0.29) is 10.6 Å². The second kappa shape index (κ2) is 6.83. The predicted octanol–water partition coefficient (Wildman–Crippen LogP) is 4.37. The topological polar surface area (TPSA) is 23.6 Å². The summed E-state index contributed by atoms with van der Waals surface area (Å²) in [5, 5.41) is 0. The van der Waals surface area contributed by atoms with E-state index in [1.54, 1.807) is 0 Å². The third kappa shape index (κ3) is 2.62. The van der Waals surface area contributed by atoms with Gasteiger partial charge in [-0.25, -0.2) is 8.78 Å². The van der Waals surface area contributed by atoms with Crippen LogP contribution in [-0.2, 0) is 4.79 Å². The maximum atomic E-state index is 14.9. The second-order valence-corrected chi connectivity index (χ2v) is 7.26. The Labute approximate surface area is 171 Å². The number of alkyl halides is 11. The number of amides is 1. The summed E-state index contributed by atoms with van der Waals surface area (Å²) in [7, 11) is 0. The van der Waals surface area contributed by atoms with Crippen LogP contribution < -0.4 is 4.90 Å². The number of para-hydroxylation sites is 1. The molecular weight excluding hydrogens is 476 g/mol. The molecule has 1 heterocycles. The fraction of sp³-hybridized carbons (Fsp3) is 0.588. The number of hydrogen-bond acceptors (Lipinski definition) is 2. The molecule has 2 fully saturated rings. The van der Waals surface area contributed by atoms with E-state index in [1.807, 2.05) is 0 Å². The molecule has 1 aromatic rings. The van der Waals surface area contributed by atoms with Crippen LogP contribution in [0.4, 0.5) is 58.4 Å². The van der Waals surface area contributed by atoms with Crippen molar-refractivity contribution in [1.29, 1.82) is 0 Å². The highest BCUT2D eigenvalue weighted by atomic mass is 19.4. The molecule has 0 bridgehead atoms. The van der Waals surface area contributed by atoms with Gasteiger partial charge < -0.3 is 9.80 Å². The van der Waals surface area contributed by atoms with Crippen LogP contribution in [0.15, 0.2) is 24.3 Å². The lowest BCUT2D eigenvalue weighted by Crippen LogP contribution is -2.86. The molecule has 32 heavy (non-hydrogen) atoms. The zero-order valence-corrected chi connectivity index (χ0v) is 15.5. The molecule has 0 radical (unpaired) electrons. The number of nitrogens with zero attached hydrogens (tertiary/aromatic N) is 2. The van der Waals surface area contributed by atoms with E-state index < -0.39 is 73.2 Å². The lowest BCUT2D eigenvalue weighted by Gasteiger charge is -2.52. The van der Waals surface area contributed by atoms with Gasteiger partial charge in [0.2, 0.25) is 0 Å². The van der Waals surface area contributed by atoms with Gasteiger partial charge in [0, 0.05) is 26.2 Å². The number of anilines is 1. The Morgan fingerprint density at radius 2 is 1.06 bits per heavy atom. The fourth-order valence-electron chi connectivity index (χ4n) is 3.57. The molecule has 180 valence electrons. The second-order valence-electron chi connectivity index (χ2n) is 7.26. The summed E-state index contributed by atoms with van der Waals surface area (Å²) in [5.74, 6) is -40.5. The average Bonchev–Trinajstić information content (AvgIpc) is 2.71. The van der Waals surface area contributed by atoms with Crippen LogP contribution in [-0.4, -0.2) is 72.3 Å². The number of carbonyl (C=O) groups excluding carboxylic acids is 1. The zero-order chi connectivity index (χ0) is 24.5. The molecular formula is C17H12F12N2O. The van der Waals surface area contributed by atoms with Gasteiger partial charge in [0.05, 0.1) is 5.69 Å². The summed E-state index contributed by atoms with van der Waals surface area (Å²) in [5.41, 5.74) is -6.80. The molecule has 1 aliphatic carbocycles. The Morgan fingerprint density at radius 1 is 0.656 bits per heavy atom. The molecule has 15 heteroatoms. The summed E-state index contributed by atoms with van der Waals surface area (Å²) < 4.78 is 166. The van der Waals surface area contributed by atoms with E-state index in [0.29, 0.717) is 0 Å². The summed E-state index contributed by atoms with van der Waals surface area (Å²) in [6, 6.07) is 4.92. The van der Waals surface area contributed by atoms with Crippen molar-refractivity contribution < 1.29 is 57.5 Å². The van der Waals surface area contributed by atoms with Crippen molar-refractivity contribution in [1.82, 2.24) is 4.90 Å². The van der Waals surface area contributed by atoms with Crippen molar-refractivity contribution in [2.45, 2.75) is 35.3 Å². The fourth-order valence-corrected chi connectivity index (χ4v) is 3.57. The number of rotatable bonds is 2. The lowest BCUT2D eigenvalue weighted by molar-refractivity contribution is -0.477. The van der Waals surface area contributed by atoms with E-state index in [4.69, 9.17) is 0 Å². The molecule has 1 aromatic carbocycles. The minimum atomic E-state index is -7.38. The highest BCUT2D eigenvalue weighted by Gasteiger charge is 3.03. The van der Waals surface area contributed by atoms with Gasteiger partial charge >= 0.3 is 35.3 Å². The van der Waals surface area contributed by atoms with Gasteiger partial charge in [-0.1, -0.05) is 12.1 Å². The third-order valence-corrected chi connectivity index (χ3v) is 5.50. The molecule has 1 amide bonds. The van der Waals surface area contributed by atoms with Crippen molar-refractivity contribution in [2.24, 2.45) is 0 Å². The van der Waals surface area contributed by atoms with Gasteiger partial charge in [0.15, 0.2) is 0 Å². The van der Waals surface area contributed by atoms with E-state index >= 15 is 0 Å². The van der Waals surface area contributed by atoms with Crippen molar-refractivity contribution in [3.05, 3.63) is 30.1 Å². The minimum absolute atomic E-state index is 0.0967. The number of piperazine rings is 1. The maximum Gasteiger partial charge on any atom is 0.384 e. The van der Waals surface area contributed by atoms with E-state index in [2.05, 4.69) is 0 Å². The van der Waals surface area contributed by atoms with Crippen LogP contribution in [0.1, 0.15) is 0 Å². The number of benzene rings is 1. The van der Waals surface area contributed by atoms with Crippen molar-refractivity contribution in [3.63, 3.8) is 0 Å². The normalized spacial score (nSPS) is 27.1. The predicted molar refractivity (Wildman–Crippen MR) is 83.8 cm³/mol. The number of hydrogen-bond donors (Lipinski definition) is 0. The van der Waals surface area contributed by atoms with Gasteiger partial charge in [0.1, 0.15) is 5.82 Å². The van der Waals surface area contributed by atoms with Crippen LogP contribution in [0.5, 0.6) is 0 Å². The monoisotopic (exact) mass is 488 g/mol. The number of halogens is 12. The smallest absolute Gasteiger partial charge is 0.366 e. The summed E-state index contributed by atoms with van der Waals surface area (Å²) in [6.07, 6.45) is 0. The standard InChI is InChI=1S/C17H12F12N2O/c18-9-3-1-2-4-10(9)30-5-7-31(8-6-30)11(32)12(19)13(20,21)15(24,25)17(28,29)16(26,27)14(12,22)23/h1-4H,5-8H2. The maximum absolute atomic E-state index is 14.9. The Balaban J connectivity index is 1.97. The van der Waals surface area contributed by atoms with Crippen molar-refractivity contribution in [2.75, 3.05) is 31.1 Å². The van der Waals surface area contributed by atoms with Crippen LogP contribution in [0.3, 0.4) is 0 Å². The van der Waals surface area contributed by atoms with E-state index in [0.717, 1.165) is 11.0 Å². The Morgan fingerprint density at radius 3 is 1.50 bits per heavy atom. The molecule has 3 rings (SSSR count). The molecule has 0 N–H and O–H groups in total. The van der Waals surface area contributed by atoms with Crippen LogP contribution in [0, 0.1) is 5.82 Å². The Bertz CT molecular complexity index is 881. The quantitative estimate of drug-likeness (QED) is 0.578. The molecule has 3 nitrogen and oxygen atoms in total. The molecule has 0 aromatic heterocycles. The first-order valence-electron chi connectivity index (χ1n) is 8.76. The first kappa shape index (κ1) is 24.3. The van der Waals surface area contributed by atoms with Gasteiger partial charge in [-0.3, -0.25) is 4.79 Å². The van der Waals surface area contributed by atoms with E-state index in [9.17, 15) is 57.5 Å². The first-order chi connectivity index (χ1) is 14.4. The van der Waals surface area contributed by atoms with Crippen molar-refractivity contribution in [3.8, 4) is 0 Å². The van der Waals surface area contributed by atoms with Gasteiger partial charge in [-0.15, -0.1) is 0 Å². The largest absolute Gasteiger partial charge is 0.384 e. The Hall–Kier alpha value is -2.35. The average molecular weight is 488 g/mol. The highest BCUT2D eigenvalue weighted by Crippen LogP contribution is 2.69. The summed E-state index contributed by atoms with van der Waals surface area (Å²) in [4.78, 5) is 13.1. The third-order valence-electron chi connectivity index (χ3n) is 5.50. The Kier molecular flexibility index (Phi) is 5.18. The first-order valence-corrected chi connectivity index (χ1v) is 8.76. The molecule has 0 unspecified atom stereocenters. The summed E-state index contributed by atoms with van der Waals surface area (Å²) >= 11 is 0. The number of carbonyl (C=O) groups is 1. The van der Waals surface area contributed by atoms with E-state index in [1.165, 1.54) is 18.2 Å².